The summed E-state index contributed by atoms with van der Waals surface area (Å²) in [5, 5.41) is 0.0231. The lowest BCUT2D eigenvalue weighted by molar-refractivity contribution is -0.151. The van der Waals surface area contributed by atoms with Crippen molar-refractivity contribution < 1.29 is 19.1 Å². The molecule has 17 heavy (non-hydrogen) atoms. The smallest absolute Gasteiger partial charge is 0.316 e. The Morgan fingerprint density at radius 1 is 1.24 bits per heavy atom. The maximum absolute atomic E-state index is 11.5. The fourth-order valence-corrected chi connectivity index (χ4v) is 1.95. The highest BCUT2D eigenvalue weighted by Crippen LogP contribution is 2.21. The van der Waals surface area contributed by atoms with E-state index >= 15 is 0 Å². The van der Waals surface area contributed by atoms with Gasteiger partial charge in [-0.3, -0.25) is 9.59 Å². The Kier molecular flexibility index (Phi) is 6.60. The Morgan fingerprint density at radius 2 is 1.76 bits per heavy atom. The summed E-state index contributed by atoms with van der Waals surface area (Å²) in [6, 6.07) is 0. The number of carbonyl (C=O) groups excluding carboxylic acids is 2. The van der Waals surface area contributed by atoms with Gasteiger partial charge in [-0.25, -0.2) is 0 Å². The molecule has 0 aromatic heterocycles. The first kappa shape index (κ1) is 16.3. The lowest BCUT2D eigenvalue weighted by atomic mass is 10.1. The molecule has 0 rings (SSSR count). The third kappa shape index (κ3) is 7.26. The molecule has 0 aromatic carbocycles. The molecule has 0 aliphatic carbocycles. The van der Waals surface area contributed by atoms with Gasteiger partial charge in [-0.2, -0.15) is 0 Å². The van der Waals surface area contributed by atoms with Gasteiger partial charge in [0.1, 0.15) is 5.60 Å². The van der Waals surface area contributed by atoms with E-state index in [2.05, 4.69) is 4.74 Å². The second-order valence-corrected chi connectivity index (χ2v) is 6.28. The van der Waals surface area contributed by atoms with Crippen molar-refractivity contribution in [3.63, 3.8) is 0 Å². The highest BCUT2D eigenvalue weighted by molar-refractivity contribution is 8.00. The Labute approximate surface area is 107 Å². The van der Waals surface area contributed by atoms with Gasteiger partial charge in [0, 0.05) is 5.25 Å². The lowest BCUT2D eigenvalue weighted by Crippen LogP contribution is -2.27. The van der Waals surface area contributed by atoms with Crippen molar-refractivity contribution in [1.82, 2.24) is 0 Å². The summed E-state index contributed by atoms with van der Waals surface area (Å²) in [5.41, 5.74) is -0.463. The quantitative estimate of drug-likeness (QED) is 0.711. The SMILES string of the molecule is COC(=O)C(C)C(C)SCC(=O)OC(C)(C)C. The molecule has 0 bridgehead atoms. The van der Waals surface area contributed by atoms with E-state index in [1.807, 2.05) is 27.7 Å². The molecule has 0 amide bonds. The van der Waals surface area contributed by atoms with E-state index in [1.165, 1.54) is 18.9 Å². The van der Waals surface area contributed by atoms with Crippen LogP contribution in [-0.4, -0.2) is 35.7 Å². The van der Waals surface area contributed by atoms with E-state index in [-0.39, 0.29) is 28.9 Å². The largest absolute Gasteiger partial charge is 0.469 e. The van der Waals surface area contributed by atoms with Crippen LogP contribution in [0.5, 0.6) is 0 Å². The molecule has 0 saturated carbocycles. The molecule has 0 N–H and O–H groups in total. The summed E-state index contributed by atoms with van der Waals surface area (Å²) in [5.74, 6) is -0.493. The van der Waals surface area contributed by atoms with Gasteiger partial charge in [-0.15, -0.1) is 11.8 Å². The zero-order chi connectivity index (χ0) is 13.6. The predicted octanol–water partition coefficient (Wildman–Crippen LogP) is 2.26. The van der Waals surface area contributed by atoms with E-state index in [1.54, 1.807) is 6.92 Å². The summed E-state index contributed by atoms with van der Waals surface area (Å²) in [7, 11) is 1.37. The Bertz CT molecular complexity index is 270. The van der Waals surface area contributed by atoms with E-state index in [9.17, 15) is 9.59 Å². The molecule has 0 heterocycles. The molecular formula is C12H22O4S. The molecule has 0 aromatic rings. The van der Waals surface area contributed by atoms with Gasteiger partial charge in [0.15, 0.2) is 0 Å². The van der Waals surface area contributed by atoms with Crippen LogP contribution < -0.4 is 0 Å². The average Bonchev–Trinajstić information content (AvgIpc) is 2.21. The van der Waals surface area contributed by atoms with Gasteiger partial charge in [0.25, 0.3) is 0 Å². The Balaban J connectivity index is 4.04. The molecular weight excluding hydrogens is 240 g/mol. The molecule has 0 saturated heterocycles. The van der Waals surface area contributed by atoms with Gasteiger partial charge in [0.2, 0.25) is 0 Å². The summed E-state index contributed by atoms with van der Waals surface area (Å²) < 4.78 is 9.83. The minimum absolute atomic E-state index is 0.0231. The van der Waals surface area contributed by atoms with Crippen LogP contribution in [0.2, 0.25) is 0 Å². The molecule has 2 atom stereocenters. The third-order valence-corrected chi connectivity index (χ3v) is 3.50. The van der Waals surface area contributed by atoms with Crippen molar-refractivity contribution in [2.45, 2.75) is 45.5 Å². The van der Waals surface area contributed by atoms with E-state index in [0.717, 1.165) is 0 Å². The number of methoxy groups -OCH3 is 1. The number of rotatable bonds is 5. The van der Waals surface area contributed by atoms with Gasteiger partial charge in [0.05, 0.1) is 18.8 Å². The Hall–Kier alpha value is -0.710. The van der Waals surface area contributed by atoms with E-state index in [0.29, 0.717) is 0 Å². The van der Waals surface area contributed by atoms with Crippen LogP contribution in [-0.2, 0) is 19.1 Å². The highest BCUT2D eigenvalue weighted by Gasteiger charge is 2.23. The monoisotopic (exact) mass is 262 g/mol. The number of hydrogen-bond acceptors (Lipinski definition) is 5. The molecule has 100 valence electrons. The van der Waals surface area contributed by atoms with Crippen molar-refractivity contribution in [3.8, 4) is 0 Å². The molecule has 0 aliphatic heterocycles. The zero-order valence-corrected chi connectivity index (χ0v) is 12.2. The van der Waals surface area contributed by atoms with Crippen molar-refractivity contribution in [2.24, 2.45) is 5.92 Å². The fourth-order valence-electron chi connectivity index (χ4n) is 1.09. The van der Waals surface area contributed by atoms with Crippen molar-refractivity contribution in [3.05, 3.63) is 0 Å². The van der Waals surface area contributed by atoms with E-state index < -0.39 is 5.60 Å². The van der Waals surface area contributed by atoms with E-state index in [4.69, 9.17) is 4.74 Å². The molecule has 0 radical (unpaired) electrons. The second kappa shape index (κ2) is 6.89. The average molecular weight is 262 g/mol. The molecule has 0 spiro atoms. The molecule has 5 heteroatoms. The van der Waals surface area contributed by atoms with Crippen LogP contribution in [0.1, 0.15) is 34.6 Å². The van der Waals surface area contributed by atoms with Crippen molar-refractivity contribution in [2.75, 3.05) is 12.9 Å². The first-order chi connectivity index (χ1) is 7.67. The van der Waals surface area contributed by atoms with Gasteiger partial charge >= 0.3 is 11.9 Å². The second-order valence-electron chi connectivity index (χ2n) is 4.91. The maximum atomic E-state index is 11.5. The van der Waals surface area contributed by atoms with Gasteiger partial charge in [-0.1, -0.05) is 13.8 Å². The fraction of sp³-hybridized carbons (Fsp3) is 0.833. The molecule has 4 nitrogen and oxygen atoms in total. The van der Waals surface area contributed by atoms with Crippen LogP contribution in [0.25, 0.3) is 0 Å². The van der Waals surface area contributed by atoms with Crippen LogP contribution in [0.4, 0.5) is 0 Å². The van der Waals surface area contributed by atoms with Crippen LogP contribution in [0.3, 0.4) is 0 Å². The molecule has 0 aliphatic rings. The number of thioether (sulfide) groups is 1. The maximum Gasteiger partial charge on any atom is 0.316 e. The lowest BCUT2D eigenvalue weighted by Gasteiger charge is -2.21. The number of carbonyl (C=O) groups is 2. The van der Waals surface area contributed by atoms with Gasteiger partial charge in [-0.05, 0) is 20.8 Å². The summed E-state index contributed by atoms with van der Waals surface area (Å²) in [4.78, 5) is 22.7. The first-order valence-electron chi connectivity index (χ1n) is 5.58. The zero-order valence-electron chi connectivity index (χ0n) is 11.4. The van der Waals surface area contributed by atoms with Crippen molar-refractivity contribution >= 4 is 23.7 Å². The summed E-state index contributed by atoms with van der Waals surface area (Å²) >= 11 is 1.40. The minimum Gasteiger partial charge on any atom is -0.469 e. The number of ether oxygens (including phenoxy) is 2. The summed E-state index contributed by atoms with van der Waals surface area (Å²) in [6.07, 6.45) is 0. The van der Waals surface area contributed by atoms with Gasteiger partial charge < -0.3 is 9.47 Å². The van der Waals surface area contributed by atoms with Crippen LogP contribution >= 0.6 is 11.8 Å². The normalized spacial score (nSPS) is 14.9. The standard InChI is InChI=1S/C12H22O4S/c1-8(11(14)15-6)9(2)17-7-10(13)16-12(3,4)5/h8-9H,7H2,1-6H3. The Morgan fingerprint density at radius 3 is 2.18 bits per heavy atom. The van der Waals surface area contributed by atoms with Crippen LogP contribution in [0, 0.1) is 5.92 Å². The first-order valence-corrected chi connectivity index (χ1v) is 6.63. The predicted molar refractivity (Wildman–Crippen MR) is 68.9 cm³/mol. The summed E-state index contributed by atoms with van der Waals surface area (Å²) in [6.45, 7) is 9.18. The topological polar surface area (TPSA) is 52.6 Å². The number of esters is 2. The van der Waals surface area contributed by atoms with Crippen LogP contribution in [0.15, 0.2) is 0 Å². The minimum atomic E-state index is -0.463. The van der Waals surface area contributed by atoms with Crippen molar-refractivity contribution in [1.29, 1.82) is 0 Å². The molecule has 2 unspecified atom stereocenters. The molecule has 0 fully saturated rings. The highest BCUT2D eigenvalue weighted by atomic mass is 32.2. The third-order valence-electron chi connectivity index (χ3n) is 2.16. The number of hydrogen-bond donors (Lipinski definition) is 0.